The normalized spacial score (nSPS) is 15.8. The highest BCUT2D eigenvalue weighted by Crippen LogP contribution is 2.27. The third kappa shape index (κ3) is 2.87. The first-order valence-corrected chi connectivity index (χ1v) is 8.27. The standard InChI is InChI=1S/C16H20N8O/c17-14-15(23-7-5-22(6-8-23)9-10-25)18-11-19-16(14)24-13-4-2-1-3-12(13)20-21-24/h1-4,11,25H,5-10,17H2. The van der Waals surface area contributed by atoms with Crippen LogP contribution in [0, 0.1) is 0 Å². The highest BCUT2D eigenvalue weighted by molar-refractivity contribution is 5.79. The smallest absolute Gasteiger partial charge is 0.184 e. The van der Waals surface area contributed by atoms with E-state index in [1.807, 2.05) is 24.3 Å². The van der Waals surface area contributed by atoms with Crippen molar-refractivity contribution >= 4 is 22.5 Å². The number of nitrogens with zero attached hydrogens (tertiary/aromatic N) is 7. The molecule has 0 bridgehead atoms. The minimum absolute atomic E-state index is 0.180. The lowest BCUT2D eigenvalue weighted by molar-refractivity contribution is 0.188. The van der Waals surface area contributed by atoms with Crippen LogP contribution < -0.4 is 10.6 Å². The quantitative estimate of drug-likeness (QED) is 0.678. The Hall–Kier alpha value is -2.78. The number of nitrogens with two attached hydrogens (primary N) is 1. The Morgan fingerprint density at radius 3 is 2.60 bits per heavy atom. The number of nitrogen functional groups attached to an aromatic ring is 1. The van der Waals surface area contributed by atoms with Crippen molar-refractivity contribution < 1.29 is 5.11 Å². The summed E-state index contributed by atoms with van der Waals surface area (Å²) in [7, 11) is 0. The van der Waals surface area contributed by atoms with Gasteiger partial charge in [-0.1, -0.05) is 17.3 Å². The predicted molar refractivity (Wildman–Crippen MR) is 94.6 cm³/mol. The molecule has 3 heterocycles. The van der Waals surface area contributed by atoms with Gasteiger partial charge in [0.25, 0.3) is 0 Å². The van der Waals surface area contributed by atoms with Gasteiger partial charge >= 0.3 is 0 Å². The fourth-order valence-electron chi connectivity index (χ4n) is 3.15. The van der Waals surface area contributed by atoms with Crippen molar-refractivity contribution in [2.45, 2.75) is 0 Å². The topological polar surface area (TPSA) is 109 Å². The van der Waals surface area contributed by atoms with E-state index in [0.717, 1.165) is 37.2 Å². The summed E-state index contributed by atoms with van der Waals surface area (Å²) in [6.45, 7) is 4.22. The van der Waals surface area contributed by atoms with Gasteiger partial charge < -0.3 is 15.7 Å². The first-order chi connectivity index (χ1) is 12.3. The van der Waals surface area contributed by atoms with Gasteiger partial charge in [0.2, 0.25) is 0 Å². The van der Waals surface area contributed by atoms with Crippen LogP contribution in [0.3, 0.4) is 0 Å². The molecule has 9 nitrogen and oxygen atoms in total. The van der Waals surface area contributed by atoms with Crippen LogP contribution in [-0.2, 0) is 0 Å². The van der Waals surface area contributed by atoms with Crippen LogP contribution in [0.1, 0.15) is 0 Å². The number of benzene rings is 1. The number of anilines is 2. The van der Waals surface area contributed by atoms with Crippen LogP contribution in [0.25, 0.3) is 16.9 Å². The molecule has 0 saturated carbocycles. The Kier molecular flexibility index (Phi) is 4.16. The molecule has 0 spiro atoms. The van der Waals surface area contributed by atoms with Gasteiger partial charge in [-0.05, 0) is 12.1 Å². The summed E-state index contributed by atoms with van der Waals surface area (Å²) >= 11 is 0. The molecule has 1 fully saturated rings. The maximum Gasteiger partial charge on any atom is 0.184 e. The van der Waals surface area contributed by atoms with Crippen LogP contribution in [-0.4, -0.2) is 74.3 Å². The molecule has 0 atom stereocenters. The lowest BCUT2D eigenvalue weighted by Crippen LogP contribution is -2.47. The Labute approximate surface area is 144 Å². The third-order valence-electron chi connectivity index (χ3n) is 4.48. The van der Waals surface area contributed by atoms with Crippen LogP contribution in [0.2, 0.25) is 0 Å². The van der Waals surface area contributed by atoms with Gasteiger partial charge in [-0.25, -0.2) is 9.97 Å². The Morgan fingerprint density at radius 1 is 1.04 bits per heavy atom. The van der Waals surface area contributed by atoms with Crippen LogP contribution >= 0.6 is 0 Å². The van der Waals surface area contributed by atoms with Crippen molar-refractivity contribution in [2.75, 3.05) is 50.0 Å². The summed E-state index contributed by atoms with van der Waals surface area (Å²) in [5, 5.41) is 17.4. The molecule has 1 aromatic carbocycles. The molecule has 1 aliphatic rings. The van der Waals surface area contributed by atoms with Crippen LogP contribution in [0.5, 0.6) is 0 Å². The average molecular weight is 340 g/mol. The first kappa shape index (κ1) is 15.7. The molecule has 0 aliphatic carbocycles. The molecule has 25 heavy (non-hydrogen) atoms. The number of hydrogen-bond donors (Lipinski definition) is 2. The molecular weight excluding hydrogens is 320 g/mol. The molecule has 3 N–H and O–H groups in total. The number of hydrogen-bond acceptors (Lipinski definition) is 8. The summed E-state index contributed by atoms with van der Waals surface area (Å²) in [5.41, 5.74) is 8.52. The Balaban J connectivity index is 1.65. The molecule has 0 amide bonds. The fraction of sp³-hybridized carbons (Fsp3) is 0.375. The number of piperazine rings is 1. The number of aromatic nitrogens is 5. The lowest BCUT2D eigenvalue weighted by atomic mass is 10.3. The zero-order chi connectivity index (χ0) is 17.2. The van der Waals surface area contributed by atoms with E-state index in [4.69, 9.17) is 10.8 Å². The summed E-state index contributed by atoms with van der Waals surface area (Å²) in [4.78, 5) is 13.1. The molecule has 1 saturated heterocycles. The molecule has 0 unspecified atom stereocenters. The maximum atomic E-state index is 9.06. The first-order valence-electron chi connectivity index (χ1n) is 8.27. The molecule has 1 aliphatic heterocycles. The van der Waals surface area contributed by atoms with Gasteiger partial charge in [-0.15, -0.1) is 5.10 Å². The summed E-state index contributed by atoms with van der Waals surface area (Å²) < 4.78 is 1.65. The zero-order valence-corrected chi connectivity index (χ0v) is 13.8. The number of rotatable bonds is 4. The minimum Gasteiger partial charge on any atom is -0.395 e. The largest absolute Gasteiger partial charge is 0.395 e. The molecule has 0 radical (unpaired) electrons. The highest BCUT2D eigenvalue weighted by atomic mass is 16.3. The van der Waals surface area contributed by atoms with E-state index in [1.165, 1.54) is 6.33 Å². The van der Waals surface area contributed by atoms with E-state index >= 15 is 0 Å². The van der Waals surface area contributed by atoms with Crippen molar-refractivity contribution in [2.24, 2.45) is 0 Å². The zero-order valence-electron chi connectivity index (χ0n) is 13.8. The van der Waals surface area contributed by atoms with Gasteiger partial charge in [0.1, 0.15) is 17.5 Å². The van der Waals surface area contributed by atoms with Gasteiger partial charge in [-0.2, -0.15) is 4.68 Å². The van der Waals surface area contributed by atoms with E-state index in [9.17, 15) is 0 Å². The molecule has 4 rings (SSSR count). The highest BCUT2D eigenvalue weighted by Gasteiger charge is 2.22. The van der Waals surface area contributed by atoms with Gasteiger partial charge in [0.05, 0.1) is 12.1 Å². The molecule has 9 heteroatoms. The SMILES string of the molecule is Nc1c(N2CCN(CCO)CC2)ncnc1-n1nnc2ccccc21. The van der Waals surface area contributed by atoms with E-state index in [1.54, 1.807) is 4.68 Å². The van der Waals surface area contributed by atoms with E-state index in [-0.39, 0.29) is 6.61 Å². The predicted octanol–water partition coefficient (Wildman–Crippen LogP) is -0.0930. The summed E-state index contributed by atoms with van der Waals surface area (Å²) in [6, 6.07) is 7.69. The number of para-hydroxylation sites is 1. The fourth-order valence-corrected chi connectivity index (χ4v) is 3.15. The molecule has 130 valence electrons. The molecule has 2 aromatic heterocycles. The van der Waals surface area contributed by atoms with Gasteiger partial charge in [0.15, 0.2) is 11.6 Å². The van der Waals surface area contributed by atoms with Gasteiger partial charge in [-0.3, -0.25) is 4.90 Å². The second kappa shape index (κ2) is 6.61. The van der Waals surface area contributed by atoms with Crippen molar-refractivity contribution in [3.8, 4) is 5.82 Å². The Bertz CT molecular complexity index is 871. The number of β-amino-alcohol motifs (C(OH)–C–C–N with tert-alkyl or cyclic N) is 1. The maximum absolute atomic E-state index is 9.06. The lowest BCUT2D eigenvalue weighted by Gasteiger charge is -2.35. The Morgan fingerprint density at radius 2 is 1.80 bits per heavy atom. The van der Waals surface area contributed by atoms with E-state index in [0.29, 0.717) is 23.9 Å². The van der Waals surface area contributed by atoms with Gasteiger partial charge in [0, 0.05) is 32.7 Å². The van der Waals surface area contributed by atoms with Crippen LogP contribution in [0.4, 0.5) is 11.5 Å². The number of fused-ring (bicyclic) bond motifs is 1. The second-order valence-electron chi connectivity index (χ2n) is 5.98. The van der Waals surface area contributed by atoms with Crippen LogP contribution in [0.15, 0.2) is 30.6 Å². The monoisotopic (exact) mass is 340 g/mol. The second-order valence-corrected chi connectivity index (χ2v) is 5.98. The third-order valence-corrected chi connectivity index (χ3v) is 4.48. The van der Waals surface area contributed by atoms with Crippen molar-refractivity contribution in [1.82, 2.24) is 29.9 Å². The summed E-state index contributed by atoms with van der Waals surface area (Å²) in [6.07, 6.45) is 1.51. The van der Waals surface area contributed by atoms with Crippen molar-refractivity contribution in [3.63, 3.8) is 0 Å². The number of aliphatic hydroxyl groups excluding tert-OH is 1. The van der Waals surface area contributed by atoms with Crippen molar-refractivity contribution in [1.29, 1.82) is 0 Å². The van der Waals surface area contributed by atoms with E-state index in [2.05, 4.69) is 30.1 Å². The van der Waals surface area contributed by atoms with Crippen molar-refractivity contribution in [3.05, 3.63) is 30.6 Å². The van der Waals surface area contributed by atoms with E-state index < -0.39 is 0 Å². The summed E-state index contributed by atoms with van der Waals surface area (Å²) in [5.74, 6) is 1.25. The molecule has 3 aromatic rings. The average Bonchev–Trinajstić information content (AvgIpc) is 3.07. The minimum atomic E-state index is 0.180. The molecular formula is C16H20N8O. The number of aliphatic hydroxyl groups is 1.